The normalized spacial score (nSPS) is 17.2. The Morgan fingerprint density at radius 2 is 2.08 bits per heavy atom. The number of aliphatic hydroxyl groups is 1. The summed E-state index contributed by atoms with van der Waals surface area (Å²) in [6.07, 6.45) is 6.00. The van der Waals surface area contributed by atoms with Crippen molar-refractivity contribution >= 4 is 16.6 Å². The van der Waals surface area contributed by atoms with Crippen molar-refractivity contribution in [2.45, 2.75) is 51.6 Å². The average Bonchev–Trinajstić information content (AvgIpc) is 3.25. The predicted octanol–water partition coefficient (Wildman–Crippen LogP) is 3.78. The molecule has 4 rings (SSSR count). The number of methoxy groups -OCH3 is 1. The van der Waals surface area contributed by atoms with Crippen molar-refractivity contribution in [2.75, 3.05) is 19.0 Å². The first-order valence-electron chi connectivity index (χ1n) is 8.97. The van der Waals surface area contributed by atoms with Crippen LogP contribution in [-0.4, -0.2) is 23.7 Å². The van der Waals surface area contributed by atoms with E-state index in [-0.39, 0.29) is 0 Å². The molecular formula is C20H26N2O2. The van der Waals surface area contributed by atoms with Crippen LogP contribution in [0.2, 0.25) is 0 Å². The number of anilines is 1. The molecule has 0 spiro atoms. The SMILES string of the molecule is COc1cc2c(NCC3CC3)c3c(nc2cc1C(C)(C)O)CCC3. The minimum absolute atomic E-state index is 0.726. The number of aryl methyl sites for hydroxylation is 1. The Labute approximate surface area is 143 Å². The molecule has 1 saturated carbocycles. The van der Waals surface area contributed by atoms with Crippen LogP contribution < -0.4 is 10.1 Å². The van der Waals surface area contributed by atoms with Crippen LogP contribution in [0.3, 0.4) is 0 Å². The average molecular weight is 326 g/mol. The third-order valence-corrected chi connectivity index (χ3v) is 5.26. The second-order valence-electron chi connectivity index (χ2n) is 7.72. The number of benzene rings is 1. The summed E-state index contributed by atoms with van der Waals surface area (Å²) in [5, 5.41) is 15.3. The summed E-state index contributed by atoms with van der Waals surface area (Å²) in [4.78, 5) is 4.90. The molecule has 0 unspecified atom stereocenters. The number of ether oxygens (including phenoxy) is 1. The van der Waals surface area contributed by atoms with E-state index < -0.39 is 5.60 Å². The molecule has 4 nitrogen and oxygen atoms in total. The zero-order valence-corrected chi connectivity index (χ0v) is 14.8. The largest absolute Gasteiger partial charge is 0.496 e. The van der Waals surface area contributed by atoms with Crippen molar-refractivity contribution in [3.05, 3.63) is 29.0 Å². The van der Waals surface area contributed by atoms with Crippen LogP contribution in [-0.2, 0) is 18.4 Å². The number of hydrogen-bond acceptors (Lipinski definition) is 4. The Kier molecular flexibility index (Phi) is 3.68. The molecule has 1 aromatic carbocycles. The Morgan fingerprint density at radius 1 is 1.29 bits per heavy atom. The van der Waals surface area contributed by atoms with E-state index in [1.165, 1.54) is 36.2 Å². The number of nitrogens with one attached hydrogen (secondary N) is 1. The lowest BCUT2D eigenvalue weighted by Gasteiger charge is -2.23. The minimum Gasteiger partial charge on any atom is -0.496 e. The van der Waals surface area contributed by atoms with Crippen LogP contribution in [0.15, 0.2) is 12.1 Å². The van der Waals surface area contributed by atoms with Crippen LogP contribution in [0.25, 0.3) is 10.9 Å². The Hall–Kier alpha value is -1.81. The molecule has 0 radical (unpaired) electrons. The number of aromatic nitrogens is 1. The highest BCUT2D eigenvalue weighted by molar-refractivity contribution is 5.95. The van der Waals surface area contributed by atoms with Crippen LogP contribution in [0.4, 0.5) is 5.69 Å². The van der Waals surface area contributed by atoms with Gasteiger partial charge in [0.2, 0.25) is 0 Å². The van der Waals surface area contributed by atoms with E-state index in [2.05, 4.69) is 5.32 Å². The Bertz CT molecular complexity index is 789. The summed E-state index contributed by atoms with van der Waals surface area (Å²) in [5.74, 6) is 1.55. The van der Waals surface area contributed by atoms with Gasteiger partial charge in [-0.05, 0) is 69.6 Å². The third-order valence-electron chi connectivity index (χ3n) is 5.26. The fraction of sp³-hybridized carbons (Fsp3) is 0.550. The van der Waals surface area contributed by atoms with Crippen molar-refractivity contribution in [1.29, 1.82) is 0 Å². The molecule has 0 aliphatic heterocycles. The van der Waals surface area contributed by atoms with E-state index in [1.54, 1.807) is 21.0 Å². The van der Waals surface area contributed by atoms with Gasteiger partial charge in [-0.25, -0.2) is 0 Å². The van der Waals surface area contributed by atoms with Crippen LogP contribution in [0.1, 0.15) is 49.9 Å². The van der Waals surface area contributed by atoms with E-state index in [9.17, 15) is 5.11 Å². The zero-order chi connectivity index (χ0) is 16.9. The van der Waals surface area contributed by atoms with E-state index in [4.69, 9.17) is 9.72 Å². The van der Waals surface area contributed by atoms with Gasteiger partial charge in [0.15, 0.2) is 0 Å². The molecule has 0 amide bonds. The van der Waals surface area contributed by atoms with Crippen molar-refractivity contribution in [3.8, 4) is 5.75 Å². The summed E-state index contributed by atoms with van der Waals surface area (Å²) in [6, 6.07) is 4.04. The quantitative estimate of drug-likeness (QED) is 0.878. The standard InChI is InChI=1S/C20H26N2O2/c1-20(2,23)15-10-17-14(9-18(15)24-3)19(21-11-12-7-8-12)13-5-4-6-16(13)22-17/h9-10,12,23H,4-8,11H2,1-3H3,(H,21,22). The van der Waals surface area contributed by atoms with Gasteiger partial charge in [-0.2, -0.15) is 0 Å². The molecule has 4 heteroatoms. The predicted molar refractivity (Wildman–Crippen MR) is 96.8 cm³/mol. The smallest absolute Gasteiger partial charge is 0.125 e. The molecule has 128 valence electrons. The first kappa shape index (κ1) is 15.7. The lowest BCUT2D eigenvalue weighted by atomic mass is 9.94. The number of nitrogens with zero attached hydrogens (tertiary/aromatic N) is 1. The number of rotatable bonds is 5. The Morgan fingerprint density at radius 3 is 2.75 bits per heavy atom. The summed E-state index contributed by atoms with van der Waals surface area (Å²) >= 11 is 0. The van der Waals surface area contributed by atoms with Gasteiger partial charge >= 0.3 is 0 Å². The van der Waals surface area contributed by atoms with Crippen molar-refractivity contribution in [2.24, 2.45) is 5.92 Å². The lowest BCUT2D eigenvalue weighted by molar-refractivity contribution is 0.0758. The van der Waals surface area contributed by atoms with Gasteiger partial charge in [-0.15, -0.1) is 0 Å². The van der Waals surface area contributed by atoms with Crippen LogP contribution >= 0.6 is 0 Å². The van der Waals surface area contributed by atoms with E-state index >= 15 is 0 Å². The van der Waals surface area contributed by atoms with Crippen molar-refractivity contribution < 1.29 is 9.84 Å². The molecule has 2 aliphatic carbocycles. The topological polar surface area (TPSA) is 54.4 Å². The summed E-state index contributed by atoms with van der Waals surface area (Å²) in [6.45, 7) is 4.62. The first-order chi connectivity index (χ1) is 11.5. The molecule has 2 N–H and O–H groups in total. The van der Waals surface area contributed by atoms with Crippen molar-refractivity contribution in [3.63, 3.8) is 0 Å². The second kappa shape index (κ2) is 5.62. The molecule has 24 heavy (non-hydrogen) atoms. The first-order valence-corrected chi connectivity index (χ1v) is 8.97. The van der Waals surface area contributed by atoms with Gasteiger partial charge < -0.3 is 15.2 Å². The second-order valence-corrected chi connectivity index (χ2v) is 7.72. The monoisotopic (exact) mass is 326 g/mol. The third kappa shape index (κ3) is 2.73. The van der Waals surface area contributed by atoms with Crippen LogP contribution in [0.5, 0.6) is 5.75 Å². The molecular weight excluding hydrogens is 300 g/mol. The molecule has 0 atom stereocenters. The molecule has 2 aliphatic rings. The molecule has 2 aromatic rings. The lowest BCUT2D eigenvalue weighted by Crippen LogP contribution is -2.17. The highest BCUT2D eigenvalue weighted by Gasteiger charge is 2.27. The fourth-order valence-corrected chi connectivity index (χ4v) is 3.71. The molecule has 0 bridgehead atoms. The van der Waals surface area contributed by atoms with E-state index in [0.29, 0.717) is 0 Å². The summed E-state index contributed by atoms with van der Waals surface area (Å²) in [5.41, 5.74) is 4.61. The van der Waals surface area contributed by atoms with E-state index in [1.807, 2.05) is 12.1 Å². The van der Waals surface area contributed by atoms with Gasteiger partial charge in [-0.1, -0.05) is 0 Å². The van der Waals surface area contributed by atoms with Gasteiger partial charge in [0.1, 0.15) is 5.75 Å². The van der Waals surface area contributed by atoms with Gasteiger partial charge in [0.05, 0.1) is 18.2 Å². The summed E-state index contributed by atoms with van der Waals surface area (Å²) < 4.78 is 5.58. The highest BCUT2D eigenvalue weighted by Crippen LogP contribution is 2.40. The minimum atomic E-state index is -0.957. The molecule has 1 heterocycles. The number of pyridine rings is 1. The van der Waals surface area contributed by atoms with E-state index in [0.717, 1.165) is 47.5 Å². The molecule has 1 fully saturated rings. The van der Waals surface area contributed by atoms with Gasteiger partial charge in [0, 0.05) is 28.9 Å². The maximum absolute atomic E-state index is 10.5. The van der Waals surface area contributed by atoms with Gasteiger partial charge in [0.25, 0.3) is 0 Å². The van der Waals surface area contributed by atoms with Crippen molar-refractivity contribution in [1.82, 2.24) is 4.98 Å². The van der Waals surface area contributed by atoms with Gasteiger partial charge in [-0.3, -0.25) is 4.98 Å². The fourth-order valence-electron chi connectivity index (χ4n) is 3.71. The summed E-state index contributed by atoms with van der Waals surface area (Å²) in [7, 11) is 1.66. The maximum Gasteiger partial charge on any atom is 0.125 e. The number of fused-ring (bicyclic) bond motifs is 2. The molecule has 1 aromatic heterocycles. The Balaban J connectivity index is 1.90. The van der Waals surface area contributed by atoms with Crippen LogP contribution in [0, 0.1) is 5.92 Å². The molecule has 0 saturated heterocycles. The maximum atomic E-state index is 10.5. The highest BCUT2D eigenvalue weighted by atomic mass is 16.5. The zero-order valence-electron chi connectivity index (χ0n) is 14.8. The number of hydrogen-bond donors (Lipinski definition) is 2.